The molecule has 3 aromatic heterocycles. The van der Waals surface area contributed by atoms with Crippen LogP contribution >= 0.6 is 0 Å². The Hall–Kier alpha value is -5.37. The van der Waals surface area contributed by atoms with Crippen LogP contribution in [-0.4, -0.2) is 25.6 Å². The third-order valence-electron chi connectivity index (χ3n) is 6.15. The van der Waals surface area contributed by atoms with Gasteiger partial charge in [0, 0.05) is 29.9 Å². The summed E-state index contributed by atoms with van der Waals surface area (Å²) in [6.45, 7) is 0. The maximum Gasteiger partial charge on any atom is 0.323 e. The van der Waals surface area contributed by atoms with Gasteiger partial charge in [-0.3, -0.25) is 14.3 Å². The number of carbonyl (C=O) groups excluding carboxylic acids is 1. The number of anilines is 2. The highest BCUT2D eigenvalue weighted by Crippen LogP contribution is 2.22. The molecule has 0 saturated carbocycles. The number of amides is 2. The van der Waals surface area contributed by atoms with Gasteiger partial charge >= 0.3 is 6.03 Å². The number of rotatable bonds is 5. The number of pyridine rings is 2. The molecule has 8 nitrogen and oxygen atoms in total. The molecule has 0 spiro atoms. The highest BCUT2D eigenvalue weighted by molar-refractivity contribution is 6.05. The van der Waals surface area contributed by atoms with Crippen molar-refractivity contribution in [2.45, 2.75) is 6.42 Å². The summed E-state index contributed by atoms with van der Waals surface area (Å²) < 4.78 is 1.54. The van der Waals surface area contributed by atoms with Crippen molar-refractivity contribution in [2.75, 3.05) is 10.6 Å². The van der Waals surface area contributed by atoms with Crippen LogP contribution in [0.4, 0.5) is 16.2 Å². The second-order valence-corrected chi connectivity index (χ2v) is 8.71. The van der Waals surface area contributed by atoms with Gasteiger partial charge in [0.15, 0.2) is 5.65 Å². The Morgan fingerprint density at radius 1 is 0.763 bits per heavy atom. The van der Waals surface area contributed by atoms with Gasteiger partial charge in [0.05, 0.1) is 16.9 Å². The van der Waals surface area contributed by atoms with Crippen molar-refractivity contribution in [1.82, 2.24) is 19.5 Å². The molecule has 8 heteroatoms. The van der Waals surface area contributed by atoms with Crippen LogP contribution in [0.2, 0.25) is 0 Å². The fourth-order valence-corrected chi connectivity index (χ4v) is 4.43. The number of fused-ring (bicyclic) bond motifs is 2. The molecule has 0 saturated heterocycles. The van der Waals surface area contributed by atoms with Crippen molar-refractivity contribution < 1.29 is 4.79 Å². The van der Waals surface area contributed by atoms with E-state index in [9.17, 15) is 9.59 Å². The molecule has 2 N–H and O–H groups in total. The number of hydrogen-bond donors (Lipinski definition) is 2. The van der Waals surface area contributed by atoms with E-state index in [0.717, 1.165) is 16.5 Å². The highest BCUT2D eigenvalue weighted by atomic mass is 16.2. The summed E-state index contributed by atoms with van der Waals surface area (Å²) >= 11 is 0. The van der Waals surface area contributed by atoms with Crippen LogP contribution in [0.25, 0.3) is 27.8 Å². The molecule has 3 aromatic carbocycles. The summed E-state index contributed by atoms with van der Waals surface area (Å²) in [4.78, 5) is 39.9. The van der Waals surface area contributed by atoms with E-state index in [-0.39, 0.29) is 5.56 Å². The van der Waals surface area contributed by atoms with Crippen LogP contribution in [0.5, 0.6) is 0 Å². The number of carbonyl (C=O) groups is 1. The Labute approximate surface area is 217 Å². The number of nitrogens with zero attached hydrogens (tertiary/aromatic N) is 4. The first-order chi connectivity index (χ1) is 18.7. The minimum absolute atomic E-state index is 0.259. The number of nitrogens with one attached hydrogen (secondary N) is 2. The lowest BCUT2D eigenvalue weighted by Gasteiger charge is -2.14. The first-order valence-corrected chi connectivity index (χ1v) is 12.1. The van der Waals surface area contributed by atoms with Crippen molar-refractivity contribution in [3.8, 4) is 5.69 Å². The van der Waals surface area contributed by atoms with Gasteiger partial charge in [-0.2, -0.15) is 0 Å². The highest BCUT2D eigenvalue weighted by Gasteiger charge is 2.15. The van der Waals surface area contributed by atoms with Gasteiger partial charge in [0.2, 0.25) is 0 Å². The standard InChI is InChI=1S/C30H22N6O2/c37-29-27(18-20-8-2-1-3-9-20)34-26-15-7-17-32-28(26)36(29)22-11-4-10-21(19-22)33-30(38)35-25-14-5-13-24-23(25)12-6-16-31-24/h1-17,19H,18H2,(H2,33,35,38). The summed E-state index contributed by atoms with van der Waals surface area (Å²) in [5.74, 6) is 0. The van der Waals surface area contributed by atoms with Gasteiger partial charge in [-0.25, -0.2) is 14.8 Å². The van der Waals surface area contributed by atoms with Crippen molar-refractivity contribution >= 4 is 39.5 Å². The minimum Gasteiger partial charge on any atom is -0.308 e. The summed E-state index contributed by atoms with van der Waals surface area (Å²) in [7, 11) is 0. The van der Waals surface area contributed by atoms with Crippen LogP contribution in [0.1, 0.15) is 11.3 Å². The molecule has 6 aromatic rings. The topological polar surface area (TPSA) is 102 Å². The van der Waals surface area contributed by atoms with Crippen LogP contribution < -0.4 is 16.2 Å². The lowest BCUT2D eigenvalue weighted by molar-refractivity contribution is 0.262. The molecule has 0 aliphatic carbocycles. The zero-order chi connectivity index (χ0) is 25.9. The fourth-order valence-electron chi connectivity index (χ4n) is 4.43. The van der Waals surface area contributed by atoms with E-state index in [1.165, 1.54) is 0 Å². The van der Waals surface area contributed by atoms with Gasteiger partial charge in [-0.15, -0.1) is 0 Å². The zero-order valence-corrected chi connectivity index (χ0v) is 20.2. The van der Waals surface area contributed by atoms with Gasteiger partial charge in [0.25, 0.3) is 5.56 Å². The minimum atomic E-state index is -0.409. The molecule has 38 heavy (non-hydrogen) atoms. The summed E-state index contributed by atoms with van der Waals surface area (Å²) in [6.07, 6.45) is 3.73. The molecule has 0 radical (unpaired) electrons. The van der Waals surface area contributed by atoms with Crippen molar-refractivity contribution in [1.29, 1.82) is 0 Å². The molecule has 2 amide bonds. The smallest absolute Gasteiger partial charge is 0.308 e. The summed E-state index contributed by atoms with van der Waals surface area (Å²) in [6, 6.07) is 29.3. The lowest BCUT2D eigenvalue weighted by Crippen LogP contribution is -2.25. The maximum atomic E-state index is 13.6. The van der Waals surface area contributed by atoms with E-state index in [1.807, 2.05) is 66.7 Å². The largest absolute Gasteiger partial charge is 0.323 e. The van der Waals surface area contributed by atoms with Gasteiger partial charge in [0.1, 0.15) is 11.2 Å². The number of benzene rings is 3. The van der Waals surface area contributed by atoms with Gasteiger partial charge in [-0.05, 0) is 60.2 Å². The van der Waals surface area contributed by atoms with E-state index >= 15 is 0 Å². The van der Waals surface area contributed by atoms with E-state index < -0.39 is 6.03 Å². The Kier molecular flexibility index (Phi) is 6.03. The predicted octanol–water partition coefficient (Wildman–Crippen LogP) is 5.56. The predicted molar refractivity (Wildman–Crippen MR) is 149 cm³/mol. The molecule has 0 atom stereocenters. The lowest BCUT2D eigenvalue weighted by atomic mass is 10.1. The summed E-state index contributed by atoms with van der Waals surface area (Å²) in [5.41, 5.74) is 4.73. The van der Waals surface area contributed by atoms with E-state index in [4.69, 9.17) is 0 Å². The van der Waals surface area contributed by atoms with Crippen LogP contribution in [0.3, 0.4) is 0 Å². The molecule has 0 aliphatic rings. The third kappa shape index (κ3) is 4.58. The molecule has 3 heterocycles. The third-order valence-corrected chi connectivity index (χ3v) is 6.15. The molecule has 184 valence electrons. The average molecular weight is 499 g/mol. The maximum absolute atomic E-state index is 13.6. The zero-order valence-electron chi connectivity index (χ0n) is 20.2. The molecular weight excluding hydrogens is 476 g/mol. The SMILES string of the molecule is O=C(Nc1cccc(-n2c(=O)c(Cc3ccccc3)nc3cccnc32)c1)Nc1cccc2ncccc12. The van der Waals surface area contributed by atoms with Crippen molar-refractivity contribution in [3.63, 3.8) is 0 Å². The van der Waals surface area contributed by atoms with Gasteiger partial charge < -0.3 is 10.6 Å². The number of urea groups is 1. The molecule has 0 bridgehead atoms. The Morgan fingerprint density at radius 2 is 1.55 bits per heavy atom. The molecule has 0 fully saturated rings. The Morgan fingerprint density at radius 3 is 2.45 bits per heavy atom. The number of hydrogen-bond acceptors (Lipinski definition) is 5. The first-order valence-electron chi connectivity index (χ1n) is 12.1. The van der Waals surface area contributed by atoms with E-state index in [0.29, 0.717) is 40.3 Å². The quantitative estimate of drug-likeness (QED) is 0.324. The van der Waals surface area contributed by atoms with E-state index in [1.54, 1.807) is 47.3 Å². The van der Waals surface area contributed by atoms with Crippen molar-refractivity contribution in [2.24, 2.45) is 0 Å². The average Bonchev–Trinajstić information content (AvgIpc) is 2.94. The normalized spacial score (nSPS) is 10.9. The first kappa shape index (κ1) is 23.1. The monoisotopic (exact) mass is 498 g/mol. The molecular formula is C30H22N6O2. The van der Waals surface area contributed by atoms with Crippen LogP contribution in [-0.2, 0) is 6.42 Å². The molecule has 0 aliphatic heterocycles. The second kappa shape index (κ2) is 9.94. The van der Waals surface area contributed by atoms with Crippen LogP contribution in [0, 0.1) is 0 Å². The second-order valence-electron chi connectivity index (χ2n) is 8.71. The molecule has 6 rings (SSSR count). The molecule has 0 unspecified atom stereocenters. The number of aromatic nitrogens is 4. The Bertz CT molecular complexity index is 1840. The van der Waals surface area contributed by atoms with E-state index in [2.05, 4.69) is 25.6 Å². The summed E-state index contributed by atoms with van der Waals surface area (Å²) in [5, 5.41) is 6.59. The van der Waals surface area contributed by atoms with Crippen LogP contribution in [0.15, 0.2) is 114 Å². The fraction of sp³-hybridized carbons (Fsp3) is 0.0333. The van der Waals surface area contributed by atoms with Crippen molar-refractivity contribution in [3.05, 3.63) is 131 Å². The van der Waals surface area contributed by atoms with Gasteiger partial charge in [-0.1, -0.05) is 42.5 Å². The Balaban J connectivity index is 1.34.